The highest BCUT2D eigenvalue weighted by molar-refractivity contribution is 5.67. The molecule has 0 saturated heterocycles. The summed E-state index contributed by atoms with van der Waals surface area (Å²) >= 11 is 0. The molecule has 0 heterocycles. The van der Waals surface area contributed by atoms with Crippen LogP contribution < -0.4 is 0 Å². The Morgan fingerprint density at radius 1 is 1.19 bits per heavy atom. The minimum absolute atomic E-state index is 0.103. The van der Waals surface area contributed by atoms with E-state index in [4.69, 9.17) is 10.2 Å². The Balaban J connectivity index is 2.71. The van der Waals surface area contributed by atoms with Gasteiger partial charge in [0, 0.05) is 0 Å². The van der Waals surface area contributed by atoms with E-state index in [1.165, 1.54) is 0 Å². The molecule has 0 aliphatic heterocycles. The number of carboxylic acid groups (broad SMARTS) is 1. The van der Waals surface area contributed by atoms with Crippen molar-refractivity contribution in [1.29, 1.82) is 0 Å². The first-order valence-corrected chi connectivity index (χ1v) is 4.82. The second kappa shape index (κ2) is 5.60. The molecule has 0 spiro atoms. The van der Waals surface area contributed by atoms with Crippen molar-refractivity contribution in [2.24, 2.45) is 0 Å². The molecular weight excluding hydrogens is 212 g/mol. The number of rotatable bonds is 5. The number of aliphatic hydroxyl groups excluding tert-OH is 3. The zero-order valence-electron chi connectivity index (χ0n) is 8.58. The molecule has 0 aliphatic rings. The summed E-state index contributed by atoms with van der Waals surface area (Å²) in [6, 6.07) is 6.29. The second-order valence-electron chi connectivity index (χ2n) is 3.51. The van der Waals surface area contributed by atoms with Gasteiger partial charge < -0.3 is 20.4 Å². The summed E-state index contributed by atoms with van der Waals surface area (Å²) in [7, 11) is 0. The molecule has 2 atom stereocenters. The van der Waals surface area contributed by atoms with Gasteiger partial charge in [-0.15, -0.1) is 0 Å². The van der Waals surface area contributed by atoms with Gasteiger partial charge in [-0.1, -0.05) is 24.3 Å². The van der Waals surface area contributed by atoms with Crippen molar-refractivity contribution in [2.75, 3.05) is 0 Å². The molecule has 0 fully saturated rings. The summed E-state index contributed by atoms with van der Waals surface area (Å²) < 4.78 is 0. The zero-order valence-corrected chi connectivity index (χ0v) is 8.58. The molecule has 0 aromatic heterocycles. The molecule has 0 radical (unpaired) electrons. The molecule has 5 heteroatoms. The number of carboxylic acids is 1. The average molecular weight is 226 g/mol. The van der Waals surface area contributed by atoms with Crippen molar-refractivity contribution < 1.29 is 25.2 Å². The molecular formula is C11H14O5. The van der Waals surface area contributed by atoms with Crippen LogP contribution in [0.15, 0.2) is 24.3 Å². The van der Waals surface area contributed by atoms with Crippen LogP contribution in [0.2, 0.25) is 0 Å². The fourth-order valence-electron chi connectivity index (χ4n) is 1.33. The van der Waals surface area contributed by atoms with E-state index in [1.807, 2.05) is 0 Å². The smallest absolute Gasteiger partial charge is 0.306 e. The van der Waals surface area contributed by atoms with Gasteiger partial charge in [-0.2, -0.15) is 0 Å². The van der Waals surface area contributed by atoms with Crippen LogP contribution in [0, 0.1) is 0 Å². The van der Waals surface area contributed by atoms with Gasteiger partial charge in [0.2, 0.25) is 0 Å². The number of benzene rings is 1. The van der Waals surface area contributed by atoms with E-state index in [0.29, 0.717) is 11.1 Å². The highest BCUT2D eigenvalue weighted by Gasteiger charge is 2.20. The molecule has 5 nitrogen and oxygen atoms in total. The zero-order chi connectivity index (χ0) is 12.1. The highest BCUT2D eigenvalue weighted by Crippen LogP contribution is 2.19. The molecule has 0 amide bonds. The normalized spacial score (nSPS) is 14.4. The van der Waals surface area contributed by atoms with Crippen LogP contribution in [-0.4, -0.2) is 32.5 Å². The van der Waals surface area contributed by atoms with Gasteiger partial charge in [-0.05, 0) is 11.1 Å². The van der Waals surface area contributed by atoms with Gasteiger partial charge >= 0.3 is 5.97 Å². The molecule has 88 valence electrons. The summed E-state index contributed by atoms with van der Waals surface area (Å²) in [5.74, 6) is -1.17. The molecule has 4 N–H and O–H groups in total. The van der Waals surface area contributed by atoms with E-state index in [0.717, 1.165) is 0 Å². The Morgan fingerprint density at radius 2 is 1.75 bits per heavy atom. The Bertz CT molecular complexity index is 346. The molecule has 1 aromatic carbocycles. The highest BCUT2D eigenvalue weighted by atomic mass is 16.4. The number of aliphatic carboxylic acids is 1. The van der Waals surface area contributed by atoms with Crippen LogP contribution in [0.3, 0.4) is 0 Å². The maximum absolute atomic E-state index is 10.3. The first kappa shape index (κ1) is 12.6. The van der Waals surface area contributed by atoms with Gasteiger partial charge in [0.15, 0.2) is 0 Å². The van der Waals surface area contributed by atoms with E-state index < -0.39 is 24.6 Å². The average Bonchev–Trinajstić information content (AvgIpc) is 2.27. The predicted octanol–water partition coefficient (Wildman–Crippen LogP) is 0.0479. The molecule has 0 aliphatic carbocycles. The monoisotopic (exact) mass is 226 g/mol. The van der Waals surface area contributed by atoms with Gasteiger partial charge in [-0.25, -0.2) is 0 Å². The maximum atomic E-state index is 10.3. The number of carbonyl (C=O) groups is 1. The van der Waals surface area contributed by atoms with Gasteiger partial charge in [0.1, 0.15) is 6.10 Å². The van der Waals surface area contributed by atoms with Gasteiger partial charge in [0.05, 0.1) is 19.1 Å². The van der Waals surface area contributed by atoms with Crippen molar-refractivity contribution in [1.82, 2.24) is 0 Å². The van der Waals surface area contributed by atoms with Crippen molar-refractivity contribution in [3.05, 3.63) is 35.4 Å². The van der Waals surface area contributed by atoms with Crippen LogP contribution in [-0.2, 0) is 11.4 Å². The van der Waals surface area contributed by atoms with Crippen molar-refractivity contribution in [3.63, 3.8) is 0 Å². The van der Waals surface area contributed by atoms with E-state index in [1.54, 1.807) is 24.3 Å². The van der Waals surface area contributed by atoms with Gasteiger partial charge in [-0.3, -0.25) is 4.79 Å². The largest absolute Gasteiger partial charge is 0.481 e. The fraction of sp³-hybridized carbons (Fsp3) is 0.364. The number of hydrogen-bond donors (Lipinski definition) is 4. The van der Waals surface area contributed by atoms with Crippen molar-refractivity contribution in [3.8, 4) is 0 Å². The fourth-order valence-corrected chi connectivity index (χ4v) is 1.33. The Labute approximate surface area is 92.6 Å². The minimum Gasteiger partial charge on any atom is -0.481 e. The molecule has 1 aromatic rings. The molecule has 0 saturated carbocycles. The quantitative estimate of drug-likeness (QED) is 0.568. The molecule has 1 rings (SSSR count). The molecule has 16 heavy (non-hydrogen) atoms. The van der Waals surface area contributed by atoms with E-state index in [-0.39, 0.29) is 6.61 Å². The predicted molar refractivity (Wildman–Crippen MR) is 55.6 cm³/mol. The second-order valence-corrected chi connectivity index (χ2v) is 3.51. The topological polar surface area (TPSA) is 98.0 Å². The summed E-state index contributed by atoms with van der Waals surface area (Å²) in [6.07, 6.45) is -3.08. The standard InChI is InChI=1S/C11H14O5/c12-6-7-1-3-8(4-2-7)11(16)9(13)5-10(14)15/h1-4,9,11-13,16H,5-6H2,(H,14,15). The first-order chi connectivity index (χ1) is 7.54. The number of hydrogen-bond acceptors (Lipinski definition) is 4. The lowest BCUT2D eigenvalue weighted by atomic mass is 10.0. The Hall–Kier alpha value is -1.43. The first-order valence-electron chi connectivity index (χ1n) is 4.82. The third kappa shape index (κ3) is 3.30. The van der Waals surface area contributed by atoms with Crippen LogP contribution in [0.1, 0.15) is 23.7 Å². The maximum Gasteiger partial charge on any atom is 0.306 e. The summed E-state index contributed by atoms with van der Waals surface area (Å²) in [5, 5.41) is 36.3. The minimum atomic E-state index is -1.34. The SMILES string of the molecule is O=C(O)CC(O)C(O)c1ccc(CO)cc1. The van der Waals surface area contributed by atoms with Crippen LogP contribution in [0.5, 0.6) is 0 Å². The lowest BCUT2D eigenvalue weighted by Gasteiger charge is -2.16. The number of aliphatic hydroxyl groups is 3. The van der Waals surface area contributed by atoms with Crippen molar-refractivity contribution in [2.45, 2.75) is 25.2 Å². The van der Waals surface area contributed by atoms with Crippen LogP contribution in [0.4, 0.5) is 0 Å². The van der Waals surface area contributed by atoms with Crippen LogP contribution in [0.25, 0.3) is 0 Å². The van der Waals surface area contributed by atoms with E-state index >= 15 is 0 Å². The van der Waals surface area contributed by atoms with E-state index in [2.05, 4.69) is 0 Å². The summed E-state index contributed by atoms with van der Waals surface area (Å²) in [4.78, 5) is 10.3. The molecule has 0 bridgehead atoms. The molecule has 2 unspecified atom stereocenters. The third-order valence-corrected chi connectivity index (χ3v) is 2.25. The lowest BCUT2D eigenvalue weighted by Crippen LogP contribution is -2.21. The Morgan fingerprint density at radius 3 is 2.19 bits per heavy atom. The van der Waals surface area contributed by atoms with E-state index in [9.17, 15) is 15.0 Å². The summed E-state index contributed by atoms with van der Waals surface area (Å²) in [6.45, 7) is -0.103. The van der Waals surface area contributed by atoms with Gasteiger partial charge in [0.25, 0.3) is 0 Å². The lowest BCUT2D eigenvalue weighted by molar-refractivity contribution is -0.141. The summed E-state index contributed by atoms with van der Waals surface area (Å²) in [5.41, 5.74) is 1.11. The third-order valence-electron chi connectivity index (χ3n) is 2.25. The van der Waals surface area contributed by atoms with Crippen LogP contribution >= 0.6 is 0 Å². The Kier molecular flexibility index (Phi) is 4.42. The van der Waals surface area contributed by atoms with Crippen molar-refractivity contribution >= 4 is 5.97 Å².